The van der Waals surface area contributed by atoms with Crippen LogP contribution in [-0.4, -0.2) is 39.7 Å². The van der Waals surface area contributed by atoms with Gasteiger partial charge in [-0.05, 0) is 24.1 Å². The van der Waals surface area contributed by atoms with Crippen LogP contribution in [0.2, 0.25) is 0 Å². The smallest absolute Gasteiger partial charge is 0.407 e. The highest BCUT2D eigenvalue weighted by Crippen LogP contribution is 2.10. The molecule has 0 aliphatic rings. The fraction of sp³-hybridized carbons (Fsp3) is 0.273. The molecule has 0 saturated heterocycles. The van der Waals surface area contributed by atoms with E-state index in [4.69, 9.17) is 5.11 Å². The van der Waals surface area contributed by atoms with Crippen molar-refractivity contribution in [3.05, 3.63) is 34.2 Å². The van der Waals surface area contributed by atoms with E-state index in [9.17, 15) is 9.59 Å². The lowest BCUT2D eigenvalue weighted by molar-refractivity contribution is 0.156. The van der Waals surface area contributed by atoms with Crippen molar-refractivity contribution in [2.24, 2.45) is 0 Å². The zero-order chi connectivity index (χ0) is 12.4. The molecule has 6 heteroatoms. The molecule has 0 unspecified atom stereocenters. The van der Waals surface area contributed by atoms with Crippen LogP contribution < -0.4 is 5.69 Å². The third-order valence-electron chi connectivity index (χ3n) is 2.64. The Kier molecular flexibility index (Phi) is 2.86. The van der Waals surface area contributed by atoms with Crippen LogP contribution in [0.1, 0.15) is 5.56 Å². The Morgan fingerprint density at radius 2 is 2.06 bits per heavy atom. The average Bonchev–Trinajstić information content (AvgIpc) is 2.64. The molecule has 2 rings (SSSR count). The largest absolute Gasteiger partial charge is 0.465 e. The van der Waals surface area contributed by atoms with Crippen LogP contribution in [0.15, 0.2) is 23.0 Å². The number of aromatic nitrogens is 2. The van der Waals surface area contributed by atoms with E-state index in [1.54, 1.807) is 0 Å². The number of rotatable bonds is 3. The number of likely N-dealkylation sites (N-methyl/N-ethyl adjacent to an activating group) is 1. The second-order valence-electron chi connectivity index (χ2n) is 3.91. The molecule has 1 aromatic carbocycles. The Morgan fingerprint density at radius 3 is 2.76 bits per heavy atom. The first kappa shape index (κ1) is 11.3. The van der Waals surface area contributed by atoms with Gasteiger partial charge in [-0.3, -0.25) is 0 Å². The van der Waals surface area contributed by atoms with Gasteiger partial charge in [0.2, 0.25) is 0 Å². The molecule has 6 nitrogen and oxygen atoms in total. The Morgan fingerprint density at radius 1 is 1.35 bits per heavy atom. The maximum absolute atomic E-state index is 11.1. The zero-order valence-corrected chi connectivity index (χ0v) is 9.36. The van der Waals surface area contributed by atoms with Gasteiger partial charge in [-0.2, -0.15) is 0 Å². The Bertz CT molecular complexity index is 599. The second-order valence-corrected chi connectivity index (χ2v) is 3.91. The summed E-state index contributed by atoms with van der Waals surface area (Å²) in [6.07, 6.45) is -0.326. The van der Waals surface area contributed by atoms with E-state index in [0.29, 0.717) is 13.0 Å². The van der Waals surface area contributed by atoms with Crippen LogP contribution in [0.3, 0.4) is 0 Å². The van der Waals surface area contributed by atoms with Gasteiger partial charge in [0.15, 0.2) is 0 Å². The number of carbonyl (C=O) groups is 1. The average molecular weight is 235 g/mol. The van der Waals surface area contributed by atoms with Crippen LogP contribution >= 0.6 is 0 Å². The Hall–Kier alpha value is -2.24. The normalized spacial score (nSPS) is 10.6. The van der Waals surface area contributed by atoms with Crippen molar-refractivity contribution >= 4 is 17.1 Å². The maximum atomic E-state index is 11.1. The summed E-state index contributed by atoms with van der Waals surface area (Å²) in [5, 5.41) is 8.71. The number of fused-ring (bicyclic) bond motifs is 1. The molecule has 0 fully saturated rings. The summed E-state index contributed by atoms with van der Waals surface area (Å²) in [4.78, 5) is 28.2. The highest BCUT2D eigenvalue weighted by molar-refractivity contribution is 5.75. The number of hydrogen-bond donors (Lipinski definition) is 3. The molecule has 17 heavy (non-hydrogen) atoms. The molecular formula is C11H13N3O3. The minimum atomic E-state index is -0.943. The number of imidazole rings is 1. The molecule has 0 aliphatic carbocycles. The predicted octanol–water partition coefficient (Wildman–Crippen LogP) is 1.01. The second kappa shape index (κ2) is 4.32. The number of carboxylic acid groups (broad SMARTS) is 1. The molecule has 0 spiro atoms. The van der Waals surface area contributed by atoms with Gasteiger partial charge in [0.05, 0.1) is 11.0 Å². The number of aromatic amines is 2. The predicted molar refractivity (Wildman–Crippen MR) is 63.3 cm³/mol. The summed E-state index contributed by atoms with van der Waals surface area (Å²) in [5.41, 5.74) is 2.25. The van der Waals surface area contributed by atoms with Crippen molar-refractivity contribution in [2.45, 2.75) is 6.42 Å². The number of amides is 1. The summed E-state index contributed by atoms with van der Waals surface area (Å²) in [5.74, 6) is 0. The van der Waals surface area contributed by atoms with Gasteiger partial charge in [0.1, 0.15) is 0 Å². The van der Waals surface area contributed by atoms with Crippen molar-refractivity contribution < 1.29 is 9.90 Å². The lowest BCUT2D eigenvalue weighted by Gasteiger charge is -2.12. The first-order valence-electron chi connectivity index (χ1n) is 5.21. The number of nitrogens with one attached hydrogen (secondary N) is 2. The molecule has 0 bridgehead atoms. The van der Waals surface area contributed by atoms with E-state index < -0.39 is 6.09 Å². The van der Waals surface area contributed by atoms with Crippen molar-refractivity contribution in [1.29, 1.82) is 0 Å². The standard InChI is InChI=1S/C11H13N3O3/c1-14(11(16)17)5-4-7-2-3-8-9(6-7)13-10(15)12-8/h2-3,6H,4-5H2,1H3,(H,16,17)(H2,12,13,15). The molecule has 90 valence electrons. The van der Waals surface area contributed by atoms with Gasteiger partial charge in [0, 0.05) is 13.6 Å². The quantitative estimate of drug-likeness (QED) is 0.741. The van der Waals surface area contributed by atoms with Gasteiger partial charge >= 0.3 is 11.8 Å². The van der Waals surface area contributed by atoms with Gasteiger partial charge < -0.3 is 20.0 Å². The van der Waals surface area contributed by atoms with E-state index in [1.807, 2.05) is 18.2 Å². The van der Waals surface area contributed by atoms with Gasteiger partial charge in [0.25, 0.3) is 0 Å². The lowest BCUT2D eigenvalue weighted by atomic mass is 10.1. The molecule has 3 N–H and O–H groups in total. The van der Waals surface area contributed by atoms with E-state index in [-0.39, 0.29) is 5.69 Å². The molecule has 0 radical (unpaired) electrons. The Balaban J connectivity index is 2.14. The number of hydrogen-bond acceptors (Lipinski definition) is 2. The molecule has 1 heterocycles. The maximum Gasteiger partial charge on any atom is 0.407 e. The number of benzene rings is 1. The third kappa shape index (κ3) is 2.47. The monoisotopic (exact) mass is 235 g/mol. The van der Waals surface area contributed by atoms with Crippen LogP contribution in [0.4, 0.5) is 4.79 Å². The molecule has 0 atom stereocenters. The summed E-state index contributed by atoms with van der Waals surface area (Å²) < 4.78 is 0. The first-order chi connectivity index (χ1) is 8.06. The topological polar surface area (TPSA) is 89.2 Å². The lowest BCUT2D eigenvalue weighted by Crippen LogP contribution is -2.26. The third-order valence-corrected chi connectivity index (χ3v) is 2.64. The molecule has 0 saturated carbocycles. The molecule has 2 aromatic rings. The van der Waals surface area contributed by atoms with Crippen molar-refractivity contribution in [3.63, 3.8) is 0 Å². The van der Waals surface area contributed by atoms with Crippen LogP contribution in [-0.2, 0) is 6.42 Å². The zero-order valence-electron chi connectivity index (χ0n) is 9.36. The van der Waals surface area contributed by atoms with Crippen molar-refractivity contribution in [3.8, 4) is 0 Å². The fourth-order valence-electron chi connectivity index (χ4n) is 1.63. The fourth-order valence-corrected chi connectivity index (χ4v) is 1.63. The molecule has 1 amide bonds. The van der Waals surface area contributed by atoms with Gasteiger partial charge in [-0.15, -0.1) is 0 Å². The highest BCUT2D eigenvalue weighted by Gasteiger charge is 2.06. The number of H-pyrrole nitrogens is 2. The van der Waals surface area contributed by atoms with Crippen LogP contribution in [0.5, 0.6) is 0 Å². The summed E-state index contributed by atoms with van der Waals surface area (Å²) in [6, 6.07) is 5.54. The van der Waals surface area contributed by atoms with Gasteiger partial charge in [-0.25, -0.2) is 9.59 Å². The first-order valence-corrected chi connectivity index (χ1v) is 5.21. The van der Waals surface area contributed by atoms with Gasteiger partial charge in [-0.1, -0.05) is 6.07 Å². The van der Waals surface area contributed by atoms with E-state index in [2.05, 4.69) is 9.97 Å². The number of nitrogens with zero attached hydrogens (tertiary/aromatic N) is 1. The molecular weight excluding hydrogens is 222 g/mol. The molecule has 1 aromatic heterocycles. The summed E-state index contributed by atoms with van der Waals surface area (Å²) >= 11 is 0. The highest BCUT2D eigenvalue weighted by atomic mass is 16.4. The van der Waals surface area contributed by atoms with Crippen molar-refractivity contribution in [2.75, 3.05) is 13.6 Å². The SMILES string of the molecule is CN(CCc1ccc2[nH]c(=O)[nH]c2c1)C(=O)O. The van der Waals surface area contributed by atoms with E-state index in [0.717, 1.165) is 16.6 Å². The minimum Gasteiger partial charge on any atom is -0.465 e. The summed E-state index contributed by atoms with van der Waals surface area (Å²) in [6.45, 7) is 0.426. The summed E-state index contributed by atoms with van der Waals surface area (Å²) in [7, 11) is 1.53. The van der Waals surface area contributed by atoms with E-state index in [1.165, 1.54) is 11.9 Å². The Labute approximate surface area is 96.9 Å². The van der Waals surface area contributed by atoms with Crippen molar-refractivity contribution in [1.82, 2.24) is 14.9 Å². The van der Waals surface area contributed by atoms with Crippen LogP contribution in [0.25, 0.3) is 11.0 Å². The van der Waals surface area contributed by atoms with Crippen LogP contribution in [0, 0.1) is 0 Å². The minimum absolute atomic E-state index is 0.236. The van der Waals surface area contributed by atoms with E-state index >= 15 is 0 Å². The molecule has 0 aliphatic heterocycles.